The highest BCUT2D eigenvalue weighted by molar-refractivity contribution is 5.23. The number of nitrogens with one attached hydrogen (secondary N) is 1. The van der Waals surface area contributed by atoms with Gasteiger partial charge in [0.15, 0.2) is 0 Å². The van der Waals surface area contributed by atoms with Gasteiger partial charge < -0.3 is 4.84 Å². The van der Waals surface area contributed by atoms with Gasteiger partial charge >= 0.3 is 0 Å². The van der Waals surface area contributed by atoms with E-state index in [4.69, 9.17) is 4.84 Å². The molecule has 1 aliphatic rings. The molecule has 0 fully saturated rings. The molecule has 1 unspecified atom stereocenters. The second kappa shape index (κ2) is 3.60. The van der Waals surface area contributed by atoms with Crippen LogP contribution in [0.3, 0.4) is 0 Å². The van der Waals surface area contributed by atoms with Gasteiger partial charge in [-0.3, -0.25) is 0 Å². The molecule has 0 aliphatic carbocycles. The minimum atomic E-state index is 0.172. The lowest BCUT2D eigenvalue weighted by atomic mass is 10.1. The standard InChI is InChI=1S/C10H12N2O/c1-11-12-10(7-8-13-12)9-5-3-2-4-6-9/h2-8,10-11H,1H3. The maximum absolute atomic E-state index is 5.21. The highest BCUT2D eigenvalue weighted by atomic mass is 16.7. The molecule has 0 aromatic heterocycles. The number of hydrazine groups is 1. The molecule has 1 atom stereocenters. The number of rotatable bonds is 2. The van der Waals surface area contributed by atoms with Crippen molar-refractivity contribution in [3.05, 3.63) is 48.2 Å². The van der Waals surface area contributed by atoms with Gasteiger partial charge in [-0.1, -0.05) is 35.5 Å². The third-order valence-corrected chi connectivity index (χ3v) is 2.05. The van der Waals surface area contributed by atoms with Crippen LogP contribution in [0.5, 0.6) is 0 Å². The van der Waals surface area contributed by atoms with Crippen molar-refractivity contribution in [3.8, 4) is 0 Å². The molecule has 0 saturated heterocycles. The average Bonchev–Trinajstić information content (AvgIpc) is 2.67. The molecule has 3 heteroatoms. The zero-order valence-electron chi connectivity index (χ0n) is 7.47. The van der Waals surface area contributed by atoms with Crippen LogP contribution in [0.4, 0.5) is 0 Å². The Morgan fingerprint density at radius 1 is 1.31 bits per heavy atom. The van der Waals surface area contributed by atoms with Gasteiger partial charge in [0.2, 0.25) is 0 Å². The molecule has 2 rings (SSSR count). The lowest BCUT2D eigenvalue weighted by Crippen LogP contribution is -2.33. The van der Waals surface area contributed by atoms with Crippen molar-refractivity contribution < 1.29 is 4.84 Å². The van der Waals surface area contributed by atoms with Crippen LogP contribution in [-0.2, 0) is 4.84 Å². The van der Waals surface area contributed by atoms with Crippen molar-refractivity contribution >= 4 is 0 Å². The van der Waals surface area contributed by atoms with Crippen molar-refractivity contribution in [1.29, 1.82) is 0 Å². The number of hydrogen-bond acceptors (Lipinski definition) is 3. The van der Waals surface area contributed by atoms with Gasteiger partial charge in [-0.25, -0.2) is 5.43 Å². The summed E-state index contributed by atoms with van der Waals surface area (Å²) >= 11 is 0. The first-order valence-electron chi connectivity index (χ1n) is 4.27. The lowest BCUT2D eigenvalue weighted by molar-refractivity contribution is -0.143. The number of nitrogens with zero attached hydrogens (tertiary/aromatic N) is 1. The van der Waals surface area contributed by atoms with Gasteiger partial charge in [0.05, 0.1) is 0 Å². The quantitative estimate of drug-likeness (QED) is 0.741. The normalized spacial score (nSPS) is 21.8. The minimum absolute atomic E-state index is 0.172. The molecular weight excluding hydrogens is 164 g/mol. The first-order valence-corrected chi connectivity index (χ1v) is 4.27. The monoisotopic (exact) mass is 176 g/mol. The second-order valence-corrected chi connectivity index (χ2v) is 2.84. The van der Waals surface area contributed by atoms with Crippen LogP contribution in [0.15, 0.2) is 42.7 Å². The van der Waals surface area contributed by atoms with E-state index in [9.17, 15) is 0 Å². The molecule has 13 heavy (non-hydrogen) atoms. The smallest absolute Gasteiger partial charge is 0.111 e. The highest BCUT2D eigenvalue weighted by Crippen LogP contribution is 2.24. The number of hydrogen-bond donors (Lipinski definition) is 1. The molecule has 0 spiro atoms. The van der Waals surface area contributed by atoms with Crippen LogP contribution in [0.2, 0.25) is 0 Å². The van der Waals surface area contributed by atoms with E-state index in [-0.39, 0.29) is 6.04 Å². The molecule has 68 valence electrons. The molecule has 1 aliphatic heterocycles. The van der Waals surface area contributed by atoms with E-state index < -0.39 is 0 Å². The van der Waals surface area contributed by atoms with Crippen molar-refractivity contribution in [2.24, 2.45) is 0 Å². The van der Waals surface area contributed by atoms with Gasteiger partial charge in [-0.15, -0.1) is 0 Å². The van der Waals surface area contributed by atoms with Crippen molar-refractivity contribution in [3.63, 3.8) is 0 Å². The fourth-order valence-corrected chi connectivity index (χ4v) is 1.41. The van der Waals surface area contributed by atoms with Crippen molar-refractivity contribution in [1.82, 2.24) is 10.6 Å². The third kappa shape index (κ3) is 1.56. The summed E-state index contributed by atoms with van der Waals surface area (Å²) in [6.45, 7) is 0. The lowest BCUT2D eigenvalue weighted by Gasteiger charge is -2.20. The fourth-order valence-electron chi connectivity index (χ4n) is 1.41. The van der Waals surface area contributed by atoms with Crippen molar-refractivity contribution in [2.75, 3.05) is 7.05 Å². The zero-order valence-corrected chi connectivity index (χ0v) is 7.47. The molecule has 0 radical (unpaired) electrons. The molecule has 0 amide bonds. The minimum Gasteiger partial charge on any atom is -0.398 e. The zero-order chi connectivity index (χ0) is 9.10. The van der Waals surface area contributed by atoms with Crippen LogP contribution in [-0.4, -0.2) is 12.2 Å². The van der Waals surface area contributed by atoms with Gasteiger partial charge in [0.25, 0.3) is 0 Å². The van der Waals surface area contributed by atoms with Crippen molar-refractivity contribution in [2.45, 2.75) is 6.04 Å². The summed E-state index contributed by atoms with van der Waals surface area (Å²) in [5, 5.41) is 1.70. The van der Waals surface area contributed by atoms with Gasteiger partial charge in [-0.05, 0) is 11.6 Å². The third-order valence-electron chi connectivity index (χ3n) is 2.05. The first kappa shape index (κ1) is 8.29. The average molecular weight is 176 g/mol. The predicted molar refractivity (Wildman–Crippen MR) is 50.3 cm³/mol. The summed E-state index contributed by atoms with van der Waals surface area (Å²) in [6, 6.07) is 10.4. The van der Waals surface area contributed by atoms with Crippen LogP contribution < -0.4 is 5.43 Å². The van der Waals surface area contributed by atoms with E-state index in [0.717, 1.165) is 0 Å². The van der Waals surface area contributed by atoms with E-state index in [0.29, 0.717) is 0 Å². The SMILES string of the molecule is CNN1OC=CC1c1ccccc1. The van der Waals surface area contributed by atoms with Crippen LogP contribution in [0.25, 0.3) is 0 Å². The molecule has 0 saturated carbocycles. The summed E-state index contributed by atoms with van der Waals surface area (Å²) < 4.78 is 0. The number of benzene rings is 1. The summed E-state index contributed by atoms with van der Waals surface area (Å²) in [7, 11) is 1.84. The van der Waals surface area contributed by atoms with Crippen LogP contribution >= 0.6 is 0 Å². The van der Waals surface area contributed by atoms with E-state index in [1.807, 2.05) is 31.3 Å². The Bertz CT molecular complexity index is 297. The molecular formula is C10H12N2O. The van der Waals surface area contributed by atoms with Gasteiger partial charge in [0, 0.05) is 7.05 Å². The predicted octanol–water partition coefficient (Wildman–Crippen LogP) is 1.62. The Balaban J connectivity index is 2.21. The Hall–Kier alpha value is -1.32. The second-order valence-electron chi connectivity index (χ2n) is 2.84. The van der Waals surface area contributed by atoms with E-state index in [2.05, 4.69) is 17.6 Å². The fraction of sp³-hybridized carbons (Fsp3) is 0.200. The topological polar surface area (TPSA) is 24.5 Å². The summed E-state index contributed by atoms with van der Waals surface area (Å²) in [6.07, 6.45) is 3.69. The van der Waals surface area contributed by atoms with E-state index in [1.165, 1.54) is 5.56 Å². The summed E-state index contributed by atoms with van der Waals surface area (Å²) in [4.78, 5) is 5.21. The molecule has 1 aromatic rings. The highest BCUT2D eigenvalue weighted by Gasteiger charge is 2.21. The van der Waals surface area contributed by atoms with Crippen LogP contribution in [0, 0.1) is 0 Å². The van der Waals surface area contributed by atoms with Crippen LogP contribution in [0.1, 0.15) is 11.6 Å². The maximum Gasteiger partial charge on any atom is 0.111 e. The summed E-state index contributed by atoms with van der Waals surface area (Å²) in [5.74, 6) is 0. The Labute approximate surface area is 77.5 Å². The molecule has 1 heterocycles. The van der Waals surface area contributed by atoms with E-state index in [1.54, 1.807) is 11.4 Å². The Morgan fingerprint density at radius 3 is 2.77 bits per heavy atom. The molecule has 3 nitrogen and oxygen atoms in total. The number of hydroxylamine groups is 1. The van der Waals surface area contributed by atoms with Gasteiger partial charge in [0.1, 0.15) is 12.3 Å². The molecule has 0 bridgehead atoms. The summed E-state index contributed by atoms with van der Waals surface area (Å²) in [5.41, 5.74) is 4.17. The first-order chi connectivity index (χ1) is 6.42. The molecule has 1 aromatic carbocycles. The van der Waals surface area contributed by atoms with Gasteiger partial charge in [-0.2, -0.15) is 0 Å². The largest absolute Gasteiger partial charge is 0.398 e. The Kier molecular flexibility index (Phi) is 2.29. The Morgan fingerprint density at radius 2 is 2.08 bits per heavy atom. The van der Waals surface area contributed by atoms with E-state index >= 15 is 0 Å². The maximum atomic E-state index is 5.21. The molecule has 1 N–H and O–H groups in total.